The molecule has 0 fully saturated rings. The Balaban J connectivity index is 2.35. The van der Waals surface area contributed by atoms with Crippen LogP contribution in [0.15, 0.2) is 30.3 Å². The molecule has 0 aliphatic heterocycles. The molecular weight excluding hydrogens is 178 g/mol. The predicted molar refractivity (Wildman–Crippen MR) is 61.2 cm³/mol. The van der Waals surface area contributed by atoms with Crippen molar-refractivity contribution in [1.29, 1.82) is 0 Å². The highest BCUT2D eigenvalue weighted by molar-refractivity contribution is 7.81. The molecule has 0 aromatic heterocycles. The minimum atomic E-state index is 0.198. The lowest BCUT2D eigenvalue weighted by Crippen LogP contribution is -2.29. The zero-order valence-corrected chi connectivity index (χ0v) is 8.87. The standard InChI is InChI=1S/C11H17NS/c1-9(13)11(12)8-7-10-5-3-2-4-6-10/h2-6,9,11,13H,7-8,12H2,1H3/t9-,11+/m1/s1. The molecule has 0 aliphatic carbocycles. The highest BCUT2D eigenvalue weighted by atomic mass is 32.1. The Morgan fingerprint density at radius 3 is 2.46 bits per heavy atom. The first-order chi connectivity index (χ1) is 6.20. The number of aryl methyl sites for hydroxylation is 1. The molecule has 1 rings (SSSR count). The summed E-state index contributed by atoms with van der Waals surface area (Å²) in [6.45, 7) is 2.04. The largest absolute Gasteiger partial charge is 0.327 e. The molecule has 13 heavy (non-hydrogen) atoms. The Hall–Kier alpha value is -0.470. The van der Waals surface area contributed by atoms with E-state index >= 15 is 0 Å². The van der Waals surface area contributed by atoms with E-state index in [1.165, 1.54) is 5.56 Å². The average molecular weight is 195 g/mol. The van der Waals surface area contributed by atoms with Gasteiger partial charge in [0.05, 0.1) is 0 Å². The lowest BCUT2D eigenvalue weighted by Gasteiger charge is -2.14. The number of benzene rings is 1. The van der Waals surface area contributed by atoms with Gasteiger partial charge in [0, 0.05) is 11.3 Å². The first kappa shape index (κ1) is 10.6. The molecule has 0 saturated heterocycles. The summed E-state index contributed by atoms with van der Waals surface area (Å²) in [5.74, 6) is 0. The fourth-order valence-electron chi connectivity index (χ4n) is 1.22. The van der Waals surface area contributed by atoms with Gasteiger partial charge in [-0.15, -0.1) is 0 Å². The fourth-order valence-corrected chi connectivity index (χ4v) is 1.37. The molecule has 2 N–H and O–H groups in total. The van der Waals surface area contributed by atoms with Gasteiger partial charge in [0.15, 0.2) is 0 Å². The molecule has 0 heterocycles. The predicted octanol–water partition coefficient (Wildman–Crippen LogP) is 2.26. The van der Waals surface area contributed by atoms with Crippen LogP contribution in [0, 0.1) is 0 Å². The summed E-state index contributed by atoms with van der Waals surface area (Å²) in [6.07, 6.45) is 2.06. The average Bonchev–Trinajstić information content (AvgIpc) is 2.15. The highest BCUT2D eigenvalue weighted by Crippen LogP contribution is 2.08. The van der Waals surface area contributed by atoms with Crippen LogP contribution in [0.3, 0.4) is 0 Å². The number of thiol groups is 1. The number of rotatable bonds is 4. The molecule has 0 unspecified atom stereocenters. The molecule has 0 aliphatic rings. The molecular formula is C11H17NS. The molecule has 0 spiro atoms. The summed E-state index contributed by atoms with van der Waals surface area (Å²) >= 11 is 4.31. The molecule has 0 bridgehead atoms. The fraction of sp³-hybridized carbons (Fsp3) is 0.455. The Bertz CT molecular complexity index is 233. The third-order valence-electron chi connectivity index (χ3n) is 2.23. The number of hydrogen-bond donors (Lipinski definition) is 2. The summed E-state index contributed by atoms with van der Waals surface area (Å²) in [7, 11) is 0. The molecule has 1 aromatic rings. The maximum absolute atomic E-state index is 5.89. The van der Waals surface area contributed by atoms with Gasteiger partial charge in [0.25, 0.3) is 0 Å². The summed E-state index contributed by atoms with van der Waals surface area (Å²) in [4.78, 5) is 0. The van der Waals surface area contributed by atoms with Crippen molar-refractivity contribution in [1.82, 2.24) is 0 Å². The summed E-state index contributed by atoms with van der Waals surface area (Å²) in [5, 5.41) is 0.281. The van der Waals surface area contributed by atoms with E-state index < -0.39 is 0 Å². The summed E-state index contributed by atoms with van der Waals surface area (Å²) in [5.41, 5.74) is 7.24. The van der Waals surface area contributed by atoms with Gasteiger partial charge in [0.1, 0.15) is 0 Å². The maximum Gasteiger partial charge on any atom is 0.0157 e. The molecule has 72 valence electrons. The molecule has 0 radical (unpaired) electrons. The van der Waals surface area contributed by atoms with E-state index in [1.54, 1.807) is 0 Å². The van der Waals surface area contributed by atoms with Crippen molar-refractivity contribution in [3.05, 3.63) is 35.9 Å². The molecule has 2 atom stereocenters. The van der Waals surface area contributed by atoms with Crippen LogP contribution in [-0.4, -0.2) is 11.3 Å². The third kappa shape index (κ3) is 3.83. The molecule has 2 heteroatoms. The van der Waals surface area contributed by atoms with Crippen LogP contribution in [0.25, 0.3) is 0 Å². The van der Waals surface area contributed by atoms with Crippen LogP contribution in [0.2, 0.25) is 0 Å². The van der Waals surface area contributed by atoms with Gasteiger partial charge in [0.2, 0.25) is 0 Å². The maximum atomic E-state index is 5.89. The van der Waals surface area contributed by atoms with Crippen molar-refractivity contribution in [3.63, 3.8) is 0 Å². The lowest BCUT2D eigenvalue weighted by molar-refractivity contribution is 0.610. The van der Waals surface area contributed by atoms with Crippen LogP contribution in [0.5, 0.6) is 0 Å². The van der Waals surface area contributed by atoms with Gasteiger partial charge in [-0.05, 0) is 18.4 Å². The van der Waals surface area contributed by atoms with Crippen molar-refractivity contribution >= 4 is 12.6 Å². The van der Waals surface area contributed by atoms with Crippen LogP contribution in [0.4, 0.5) is 0 Å². The Labute approximate surface area is 85.8 Å². The van der Waals surface area contributed by atoms with Gasteiger partial charge in [-0.25, -0.2) is 0 Å². The van der Waals surface area contributed by atoms with E-state index in [0.29, 0.717) is 0 Å². The normalized spacial score (nSPS) is 15.3. The topological polar surface area (TPSA) is 26.0 Å². The summed E-state index contributed by atoms with van der Waals surface area (Å²) < 4.78 is 0. The smallest absolute Gasteiger partial charge is 0.0157 e. The second kappa shape index (κ2) is 5.30. The monoisotopic (exact) mass is 195 g/mol. The number of nitrogens with two attached hydrogens (primary N) is 1. The van der Waals surface area contributed by atoms with E-state index in [4.69, 9.17) is 5.73 Å². The zero-order valence-electron chi connectivity index (χ0n) is 7.98. The van der Waals surface area contributed by atoms with Crippen LogP contribution in [0.1, 0.15) is 18.9 Å². The molecule has 1 nitrogen and oxygen atoms in total. The quantitative estimate of drug-likeness (QED) is 0.708. The van der Waals surface area contributed by atoms with E-state index in [1.807, 2.05) is 13.0 Å². The Morgan fingerprint density at radius 1 is 1.31 bits per heavy atom. The van der Waals surface area contributed by atoms with E-state index in [-0.39, 0.29) is 11.3 Å². The summed E-state index contributed by atoms with van der Waals surface area (Å²) in [6, 6.07) is 10.6. The number of hydrogen-bond acceptors (Lipinski definition) is 2. The SMILES string of the molecule is C[C@@H](S)[C@@H](N)CCc1ccccc1. The van der Waals surface area contributed by atoms with Crippen molar-refractivity contribution in [2.45, 2.75) is 31.1 Å². The lowest BCUT2D eigenvalue weighted by atomic mass is 10.0. The third-order valence-corrected chi connectivity index (χ3v) is 2.61. The van der Waals surface area contributed by atoms with Gasteiger partial charge >= 0.3 is 0 Å². The van der Waals surface area contributed by atoms with Crippen molar-refractivity contribution in [3.8, 4) is 0 Å². The first-order valence-corrected chi connectivity index (χ1v) is 5.19. The second-order valence-electron chi connectivity index (χ2n) is 3.43. The highest BCUT2D eigenvalue weighted by Gasteiger charge is 2.07. The zero-order chi connectivity index (χ0) is 9.68. The van der Waals surface area contributed by atoms with E-state index in [9.17, 15) is 0 Å². The first-order valence-electron chi connectivity index (χ1n) is 4.67. The van der Waals surface area contributed by atoms with Crippen molar-refractivity contribution in [2.75, 3.05) is 0 Å². The van der Waals surface area contributed by atoms with E-state index in [0.717, 1.165) is 12.8 Å². The Morgan fingerprint density at radius 2 is 1.92 bits per heavy atom. The van der Waals surface area contributed by atoms with E-state index in [2.05, 4.69) is 36.9 Å². The van der Waals surface area contributed by atoms with Gasteiger partial charge in [-0.1, -0.05) is 37.3 Å². The Kier molecular flexibility index (Phi) is 4.33. The van der Waals surface area contributed by atoms with Gasteiger partial charge in [-0.2, -0.15) is 12.6 Å². The minimum absolute atomic E-state index is 0.198. The van der Waals surface area contributed by atoms with Gasteiger partial charge < -0.3 is 5.73 Å². The molecule has 0 saturated carbocycles. The van der Waals surface area contributed by atoms with Crippen molar-refractivity contribution < 1.29 is 0 Å². The minimum Gasteiger partial charge on any atom is -0.327 e. The second-order valence-corrected chi connectivity index (χ2v) is 4.24. The van der Waals surface area contributed by atoms with Crippen LogP contribution in [-0.2, 0) is 6.42 Å². The van der Waals surface area contributed by atoms with Crippen molar-refractivity contribution in [2.24, 2.45) is 5.73 Å². The van der Waals surface area contributed by atoms with Crippen LogP contribution < -0.4 is 5.73 Å². The molecule has 0 amide bonds. The molecule has 1 aromatic carbocycles. The van der Waals surface area contributed by atoms with Crippen LogP contribution >= 0.6 is 12.6 Å². The van der Waals surface area contributed by atoms with Gasteiger partial charge in [-0.3, -0.25) is 0 Å².